The third-order valence-corrected chi connectivity index (χ3v) is 1.73. The summed E-state index contributed by atoms with van der Waals surface area (Å²) in [7, 11) is 0. The second kappa shape index (κ2) is 3.01. The van der Waals surface area contributed by atoms with Crippen LogP contribution in [0.25, 0.3) is 0 Å². The molecule has 1 saturated heterocycles. The normalized spacial score (nSPS) is 30.1. The minimum Gasteiger partial charge on any atom is -0.481 e. The van der Waals surface area contributed by atoms with Gasteiger partial charge in [0.1, 0.15) is 0 Å². The monoisotopic (exact) mass is 144 g/mol. The van der Waals surface area contributed by atoms with Crippen molar-refractivity contribution >= 4 is 5.97 Å². The molecule has 1 aliphatic heterocycles. The van der Waals surface area contributed by atoms with Crippen LogP contribution in [-0.4, -0.2) is 23.3 Å². The van der Waals surface area contributed by atoms with Gasteiger partial charge in [-0.25, -0.2) is 0 Å². The molecule has 0 spiro atoms. The molecular weight excluding hydrogens is 132 g/mol. The Morgan fingerprint density at radius 2 is 2.30 bits per heavy atom. The number of hydrogen-bond donors (Lipinski definition) is 1. The Balaban J connectivity index is 2.01. The van der Waals surface area contributed by atoms with Crippen molar-refractivity contribution in [3.05, 3.63) is 0 Å². The van der Waals surface area contributed by atoms with Gasteiger partial charge in [-0.1, -0.05) is 6.92 Å². The first kappa shape index (κ1) is 7.54. The molecule has 0 radical (unpaired) electrons. The minimum atomic E-state index is -0.731. The molecule has 3 nitrogen and oxygen atoms in total. The van der Waals surface area contributed by atoms with Gasteiger partial charge in [0.25, 0.3) is 0 Å². The van der Waals surface area contributed by atoms with Crippen molar-refractivity contribution in [1.29, 1.82) is 0 Å². The SMILES string of the molecule is CCC1OC1CCC(=O)O. The van der Waals surface area contributed by atoms with Gasteiger partial charge in [-0.05, 0) is 12.8 Å². The van der Waals surface area contributed by atoms with Gasteiger partial charge in [0.15, 0.2) is 0 Å². The molecule has 0 bridgehead atoms. The number of rotatable bonds is 4. The summed E-state index contributed by atoms with van der Waals surface area (Å²) < 4.78 is 5.15. The van der Waals surface area contributed by atoms with E-state index < -0.39 is 5.97 Å². The highest BCUT2D eigenvalue weighted by Crippen LogP contribution is 2.28. The van der Waals surface area contributed by atoms with Crippen molar-refractivity contribution in [2.75, 3.05) is 0 Å². The van der Waals surface area contributed by atoms with Crippen LogP contribution in [0.1, 0.15) is 26.2 Å². The average Bonchev–Trinajstić information content (AvgIpc) is 2.61. The molecule has 0 aliphatic carbocycles. The van der Waals surface area contributed by atoms with Gasteiger partial charge in [0, 0.05) is 6.42 Å². The largest absolute Gasteiger partial charge is 0.481 e. The van der Waals surface area contributed by atoms with Crippen LogP contribution in [0, 0.1) is 0 Å². The molecule has 1 aliphatic rings. The van der Waals surface area contributed by atoms with Crippen LogP contribution in [0.3, 0.4) is 0 Å². The van der Waals surface area contributed by atoms with Crippen LogP contribution in [0.15, 0.2) is 0 Å². The fourth-order valence-electron chi connectivity index (χ4n) is 1.06. The summed E-state index contributed by atoms with van der Waals surface area (Å²) in [6.45, 7) is 2.05. The van der Waals surface area contributed by atoms with E-state index in [1.165, 1.54) is 0 Å². The first-order valence-electron chi connectivity index (χ1n) is 3.61. The number of aliphatic carboxylic acids is 1. The van der Waals surface area contributed by atoms with Gasteiger partial charge in [-0.2, -0.15) is 0 Å². The van der Waals surface area contributed by atoms with Crippen molar-refractivity contribution in [3.8, 4) is 0 Å². The lowest BCUT2D eigenvalue weighted by atomic mass is 10.2. The molecular formula is C7H12O3. The Bertz CT molecular complexity index is 133. The van der Waals surface area contributed by atoms with Gasteiger partial charge in [0.05, 0.1) is 12.2 Å². The molecule has 10 heavy (non-hydrogen) atoms. The summed E-state index contributed by atoms with van der Waals surface area (Å²) >= 11 is 0. The molecule has 0 aromatic rings. The Morgan fingerprint density at radius 3 is 2.70 bits per heavy atom. The average molecular weight is 144 g/mol. The maximum Gasteiger partial charge on any atom is 0.303 e. The lowest BCUT2D eigenvalue weighted by molar-refractivity contribution is -0.137. The molecule has 1 N–H and O–H groups in total. The summed E-state index contributed by atoms with van der Waals surface area (Å²) in [5.41, 5.74) is 0. The highest BCUT2D eigenvalue weighted by atomic mass is 16.6. The van der Waals surface area contributed by atoms with Crippen molar-refractivity contribution < 1.29 is 14.6 Å². The van der Waals surface area contributed by atoms with Crippen LogP contribution < -0.4 is 0 Å². The number of ether oxygens (including phenoxy) is 1. The predicted molar refractivity (Wildman–Crippen MR) is 35.8 cm³/mol. The van der Waals surface area contributed by atoms with E-state index in [9.17, 15) is 4.79 Å². The summed E-state index contributed by atoms with van der Waals surface area (Å²) in [5.74, 6) is -0.731. The first-order chi connectivity index (χ1) is 4.74. The standard InChI is InChI=1S/C7H12O3/c1-2-5-6(10-5)3-4-7(8)9/h5-6H,2-4H2,1H3,(H,8,9). The molecule has 3 heteroatoms. The molecule has 58 valence electrons. The fourth-order valence-corrected chi connectivity index (χ4v) is 1.06. The molecule has 1 heterocycles. The van der Waals surface area contributed by atoms with Gasteiger partial charge in [0.2, 0.25) is 0 Å². The van der Waals surface area contributed by atoms with Crippen molar-refractivity contribution in [1.82, 2.24) is 0 Å². The Morgan fingerprint density at radius 1 is 1.60 bits per heavy atom. The maximum atomic E-state index is 10.1. The zero-order valence-electron chi connectivity index (χ0n) is 6.04. The van der Waals surface area contributed by atoms with Gasteiger partial charge < -0.3 is 9.84 Å². The molecule has 2 unspecified atom stereocenters. The van der Waals surface area contributed by atoms with Crippen LogP contribution >= 0.6 is 0 Å². The van der Waals surface area contributed by atoms with Crippen LogP contribution in [0.2, 0.25) is 0 Å². The van der Waals surface area contributed by atoms with E-state index in [1.807, 2.05) is 6.92 Å². The molecule has 0 amide bonds. The van der Waals surface area contributed by atoms with Gasteiger partial charge in [-0.15, -0.1) is 0 Å². The van der Waals surface area contributed by atoms with E-state index in [0.717, 1.165) is 6.42 Å². The second-order valence-corrected chi connectivity index (χ2v) is 2.55. The van der Waals surface area contributed by atoms with Crippen molar-refractivity contribution in [3.63, 3.8) is 0 Å². The number of hydrogen-bond acceptors (Lipinski definition) is 2. The predicted octanol–water partition coefficient (Wildman–Crippen LogP) is 1.03. The topological polar surface area (TPSA) is 49.8 Å². The number of carboxylic acid groups (broad SMARTS) is 1. The van der Waals surface area contributed by atoms with Crippen molar-refractivity contribution in [2.45, 2.75) is 38.4 Å². The summed E-state index contributed by atoms with van der Waals surface area (Å²) in [6.07, 6.45) is 2.50. The van der Waals surface area contributed by atoms with Gasteiger partial charge in [-0.3, -0.25) is 4.79 Å². The molecule has 1 fully saturated rings. The highest BCUT2D eigenvalue weighted by Gasteiger charge is 2.36. The number of carboxylic acids is 1. The van der Waals surface area contributed by atoms with E-state index in [0.29, 0.717) is 12.5 Å². The zero-order valence-corrected chi connectivity index (χ0v) is 6.04. The number of carbonyl (C=O) groups is 1. The lowest BCUT2D eigenvalue weighted by Crippen LogP contribution is -1.99. The molecule has 0 aromatic carbocycles. The smallest absolute Gasteiger partial charge is 0.303 e. The Hall–Kier alpha value is -0.570. The molecule has 1 rings (SSSR count). The van der Waals surface area contributed by atoms with E-state index in [1.54, 1.807) is 0 Å². The Kier molecular flexibility index (Phi) is 2.27. The quantitative estimate of drug-likeness (QED) is 0.599. The van der Waals surface area contributed by atoms with Gasteiger partial charge >= 0.3 is 5.97 Å². The van der Waals surface area contributed by atoms with E-state index >= 15 is 0 Å². The molecule has 0 aromatic heterocycles. The van der Waals surface area contributed by atoms with E-state index in [4.69, 9.17) is 9.84 Å². The third-order valence-electron chi connectivity index (χ3n) is 1.73. The molecule has 2 atom stereocenters. The van der Waals surface area contributed by atoms with Crippen LogP contribution in [-0.2, 0) is 9.53 Å². The highest BCUT2D eigenvalue weighted by molar-refractivity contribution is 5.66. The fraction of sp³-hybridized carbons (Fsp3) is 0.857. The van der Waals surface area contributed by atoms with E-state index in [2.05, 4.69) is 0 Å². The zero-order chi connectivity index (χ0) is 7.56. The second-order valence-electron chi connectivity index (χ2n) is 2.55. The van der Waals surface area contributed by atoms with Crippen LogP contribution in [0.4, 0.5) is 0 Å². The first-order valence-corrected chi connectivity index (χ1v) is 3.61. The maximum absolute atomic E-state index is 10.1. The van der Waals surface area contributed by atoms with Crippen molar-refractivity contribution in [2.24, 2.45) is 0 Å². The minimum absolute atomic E-state index is 0.237. The number of epoxide rings is 1. The summed E-state index contributed by atoms with van der Waals surface area (Å²) in [4.78, 5) is 10.1. The third kappa shape index (κ3) is 1.99. The Labute approximate surface area is 60.0 Å². The summed E-state index contributed by atoms with van der Waals surface area (Å²) in [6, 6.07) is 0. The lowest BCUT2D eigenvalue weighted by Gasteiger charge is -1.88. The molecule has 0 saturated carbocycles. The van der Waals surface area contributed by atoms with E-state index in [-0.39, 0.29) is 12.5 Å². The summed E-state index contributed by atoms with van der Waals surface area (Å²) in [5, 5.41) is 8.29. The van der Waals surface area contributed by atoms with Crippen LogP contribution in [0.5, 0.6) is 0 Å².